The molecule has 0 atom stereocenters. The number of fused-ring (bicyclic) bond motifs is 1. The molecule has 0 spiro atoms. The van der Waals surface area contributed by atoms with Crippen molar-refractivity contribution in [2.45, 2.75) is 10.4 Å². The van der Waals surface area contributed by atoms with Crippen molar-refractivity contribution in [1.29, 1.82) is 0 Å². The monoisotopic (exact) mass is 339 g/mol. The fraction of sp³-hybridized carbons (Fsp3) is 0.111. The third-order valence-electron chi connectivity index (χ3n) is 2.20. The summed E-state index contributed by atoms with van der Waals surface area (Å²) in [5.41, 5.74) is -4.56. The number of nitro groups is 1. The van der Waals surface area contributed by atoms with Crippen LogP contribution < -0.4 is 5.48 Å². The lowest BCUT2D eigenvalue weighted by molar-refractivity contribution is -0.386. The minimum absolute atomic E-state index is 0.159. The molecule has 1 aromatic heterocycles. The summed E-state index contributed by atoms with van der Waals surface area (Å²) < 4.78 is 37.4. The van der Waals surface area contributed by atoms with Crippen molar-refractivity contribution >= 4 is 44.9 Å². The lowest BCUT2D eigenvalue weighted by Gasteiger charge is -2.05. The number of nitrogens with one attached hydrogen (secondary N) is 1. The second kappa shape index (κ2) is 5.46. The van der Waals surface area contributed by atoms with Crippen molar-refractivity contribution in [1.82, 2.24) is 10.5 Å². The number of benzene rings is 1. The maximum Gasteiger partial charge on any atom is 0.446 e. The van der Waals surface area contributed by atoms with Crippen LogP contribution in [0.15, 0.2) is 17.0 Å². The molecule has 0 bridgehead atoms. The average Bonchev–Trinajstić information content (AvgIpc) is 2.78. The summed E-state index contributed by atoms with van der Waals surface area (Å²) in [6.07, 6.45) is 0. The molecule has 0 radical (unpaired) electrons. The molecule has 12 heteroatoms. The van der Waals surface area contributed by atoms with Gasteiger partial charge in [-0.15, -0.1) is 11.3 Å². The fourth-order valence-corrected chi connectivity index (χ4v) is 3.00. The van der Waals surface area contributed by atoms with Gasteiger partial charge in [-0.2, -0.15) is 13.2 Å². The molecule has 2 rings (SSSR count). The molecule has 0 aliphatic rings. The minimum atomic E-state index is -4.69. The van der Waals surface area contributed by atoms with Gasteiger partial charge in [-0.3, -0.25) is 20.1 Å². The first kappa shape index (κ1) is 15.5. The number of amides is 1. The third-order valence-corrected chi connectivity index (χ3v) is 4.00. The number of aromatic nitrogens is 1. The van der Waals surface area contributed by atoms with Crippen LogP contribution in [-0.2, 0) is 0 Å². The van der Waals surface area contributed by atoms with Crippen LogP contribution in [0.4, 0.5) is 18.9 Å². The van der Waals surface area contributed by atoms with E-state index in [1.54, 1.807) is 0 Å². The molecular formula is C9H4F3N3O4S2. The van der Waals surface area contributed by atoms with Crippen LogP contribution in [-0.4, -0.2) is 26.5 Å². The Hall–Kier alpha value is -1.92. The van der Waals surface area contributed by atoms with Gasteiger partial charge in [-0.1, -0.05) is 0 Å². The summed E-state index contributed by atoms with van der Waals surface area (Å²) >= 11 is 0.0771. The van der Waals surface area contributed by atoms with Gasteiger partial charge < -0.3 is 0 Å². The van der Waals surface area contributed by atoms with E-state index in [0.717, 1.165) is 6.07 Å². The zero-order valence-corrected chi connectivity index (χ0v) is 11.3. The molecule has 2 N–H and O–H groups in total. The smallest absolute Gasteiger partial charge is 0.288 e. The van der Waals surface area contributed by atoms with Crippen molar-refractivity contribution in [3.05, 3.63) is 27.3 Å². The van der Waals surface area contributed by atoms with E-state index in [4.69, 9.17) is 5.21 Å². The van der Waals surface area contributed by atoms with Crippen LogP contribution in [0.1, 0.15) is 9.80 Å². The van der Waals surface area contributed by atoms with Gasteiger partial charge in [0.25, 0.3) is 0 Å². The number of hydroxylamine groups is 1. The molecule has 1 amide bonds. The number of hydrogen-bond donors (Lipinski definition) is 2. The van der Waals surface area contributed by atoms with Crippen LogP contribution in [0.25, 0.3) is 10.2 Å². The number of halogens is 3. The fourth-order valence-electron chi connectivity index (χ4n) is 1.49. The third kappa shape index (κ3) is 3.22. The first-order valence-corrected chi connectivity index (χ1v) is 6.64. The molecule has 21 heavy (non-hydrogen) atoms. The summed E-state index contributed by atoms with van der Waals surface area (Å²) in [6, 6.07) is 2.14. The molecule has 0 saturated carbocycles. The van der Waals surface area contributed by atoms with E-state index < -0.39 is 38.7 Å². The number of thioether (sulfide) groups is 1. The van der Waals surface area contributed by atoms with Gasteiger partial charge in [-0.05, 0) is 23.9 Å². The number of thiazole rings is 1. The topological polar surface area (TPSA) is 105 Å². The van der Waals surface area contributed by atoms with E-state index in [1.165, 1.54) is 11.5 Å². The van der Waals surface area contributed by atoms with Crippen LogP contribution in [0.2, 0.25) is 0 Å². The molecule has 7 nitrogen and oxygen atoms in total. The van der Waals surface area contributed by atoms with Crippen molar-refractivity contribution in [2.75, 3.05) is 0 Å². The highest BCUT2D eigenvalue weighted by Crippen LogP contribution is 2.44. The predicted octanol–water partition coefficient (Wildman–Crippen LogP) is 2.94. The lowest BCUT2D eigenvalue weighted by atomic mass is 10.3. The first-order valence-electron chi connectivity index (χ1n) is 5.01. The number of nitro benzene ring substituents is 1. The Kier molecular flexibility index (Phi) is 4.02. The highest BCUT2D eigenvalue weighted by Gasteiger charge is 2.34. The van der Waals surface area contributed by atoms with E-state index in [0.29, 0.717) is 11.3 Å². The molecule has 1 aromatic carbocycles. The SMILES string of the molecule is O=C(NO)c1nc2c([N+](=O)[O-])c(SC(F)(F)F)ccc2s1. The number of carbonyl (C=O) groups is 1. The molecular weight excluding hydrogens is 335 g/mol. The van der Waals surface area contributed by atoms with Crippen molar-refractivity contribution in [3.8, 4) is 0 Å². The van der Waals surface area contributed by atoms with Gasteiger partial charge >= 0.3 is 17.1 Å². The number of nitrogens with zero attached hydrogens (tertiary/aromatic N) is 2. The summed E-state index contributed by atoms with van der Waals surface area (Å²) in [5.74, 6) is -1.00. The Balaban J connectivity index is 2.65. The summed E-state index contributed by atoms with van der Waals surface area (Å²) in [4.78, 5) is 24.2. The Morgan fingerprint density at radius 3 is 2.67 bits per heavy atom. The zero-order chi connectivity index (χ0) is 15.8. The normalized spacial score (nSPS) is 11.6. The average molecular weight is 339 g/mol. The van der Waals surface area contributed by atoms with Gasteiger partial charge in [0.15, 0.2) is 10.5 Å². The Labute approximate surface area is 121 Å². The maximum absolute atomic E-state index is 12.4. The quantitative estimate of drug-likeness (QED) is 0.385. The molecule has 0 unspecified atom stereocenters. The second-order valence-corrected chi connectivity index (χ2v) is 5.66. The number of alkyl halides is 3. The number of rotatable bonds is 3. The van der Waals surface area contributed by atoms with Gasteiger partial charge in [0.05, 0.1) is 14.5 Å². The minimum Gasteiger partial charge on any atom is -0.288 e. The second-order valence-electron chi connectivity index (χ2n) is 3.52. The molecule has 2 aromatic rings. The summed E-state index contributed by atoms with van der Waals surface area (Å²) in [5, 5.41) is 19.2. The Morgan fingerprint density at radius 1 is 1.48 bits per heavy atom. The van der Waals surface area contributed by atoms with Crippen LogP contribution in [0.3, 0.4) is 0 Å². The van der Waals surface area contributed by atoms with E-state index in [-0.39, 0.29) is 15.2 Å². The van der Waals surface area contributed by atoms with Gasteiger partial charge in [0.2, 0.25) is 0 Å². The van der Waals surface area contributed by atoms with E-state index in [2.05, 4.69) is 4.98 Å². The standard InChI is InChI=1S/C9H4F3N3O4S2/c10-9(11,12)21-4-2-1-3-5(6(4)15(18)19)13-8(20-3)7(16)14-17/h1-2,17H,(H,14,16). The lowest BCUT2D eigenvalue weighted by Crippen LogP contribution is -2.18. The Morgan fingerprint density at radius 2 is 2.14 bits per heavy atom. The zero-order valence-electron chi connectivity index (χ0n) is 9.67. The highest BCUT2D eigenvalue weighted by atomic mass is 32.2. The van der Waals surface area contributed by atoms with Crippen molar-refractivity contribution < 1.29 is 28.1 Å². The molecule has 1 heterocycles. The summed E-state index contributed by atoms with van der Waals surface area (Å²) in [6.45, 7) is 0. The Bertz CT molecular complexity index is 731. The first-order chi connectivity index (χ1) is 9.73. The van der Waals surface area contributed by atoms with Crippen molar-refractivity contribution in [3.63, 3.8) is 0 Å². The van der Waals surface area contributed by atoms with Crippen LogP contribution in [0, 0.1) is 10.1 Å². The molecule has 112 valence electrons. The van der Waals surface area contributed by atoms with E-state index in [9.17, 15) is 28.1 Å². The number of carbonyl (C=O) groups excluding carboxylic acids is 1. The maximum atomic E-state index is 12.4. The molecule has 0 fully saturated rings. The van der Waals surface area contributed by atoms with Crippen LogP contribution >= 0.6 is 23.1 Å². The van der Waals surface area contributed by atoms with E-state index in [1.807, 2.05) is 0 Å². The van der Waals surface area contributed by atoms with Crippen LogP contribution in [0.5, 0.6) is 0 Å². The molecule has 0 aliphatic heterocycles. The molecule has 0 saturated heterocycles. The summed E-state index contributed by atoms with van der Waals surface area (Å²) in [7, 11) is 0. The van der Waals surface area contributed by atoms with Crippen molar-refractivity contribution in [2.24, 2.45) is 0 Å². The highest BCUT2D eigenvalue weighted by molar-refractivity contribution is 8.00. The molecule has 0 aliphatic carbocycles. The predicted molar refractivity (Wildman–Crippen MR) is 67.4 cm³/mol. The van der Waals surface area contributed by atoms with Gasteiger partial charge in [-0.25, -0.2) is 10.5 Å². The number of hydrogen-bond acceptors (Lipinski definition) is 7. The van der Waals surface area contributed by atoms with Gasteiger partial charge in [0.1, 0.15) is 0 Å². The largest absolute Gasteiger partial charge is 0.446 e. The van der Waals surface area contributed by atoms with Gasteiger partial charge in [0, 0.05) is 0 Å². The van der Waals surface area contributed by atoms with E-state index >= 15 is 0 Å².